The molecule has 0 saturated heterocycles. The molecule has 0 saturated carbocycles. The minimum atomic E-state index is 0.629. The van der Waals surface area contributed by atoms with Crippen LogP contribution in [0.25, 0.3) is 0 Å². The summed E-state index contributed by atoms with van der Waals surface area (Å²) >= 11 is 0. The van der Waals surface area contributed by atoms with E-state index in [-0.39, 0.29) is 0 Å². The summed E-state index contributed by atoms with van der Waals surface area (Å²) in [5, 5.41) is 11.7. The molecular formula is C11H22N2. The first-order chi connectivity index (χ1) is 6.35. The van der Waals surface area contributed by atoms with Crippen molar-refractivity contribution >= 4 is 0 Å². The van der Waals surface area contributed by atoms with Gasteiger partial charge in [0.25, 0.3) is 0 Å². The lowest BCUT2D eigenvalue weighted by molar-refractivity contribution is 0.422. The van der Waals surface area contributed by atoms with Crippen LogP contribution in [-0.4, -0.2) is 13.1 Å². The normalized spacial score (nSPS) is 12.4. The Labute approximate surface area is 82.3 Å². The van der Waals surface area contributed by atoms with Crippen LogP contribution in [-0.2, 0) is 0 Å². The van der Waals surface area contributed by atoms with E-state index in [9.17, 15) is 0 Å². The van der Waals surface area contributed by atoms with Crippen molar-refractivity contribution in [3.05, 3.63) is 0 Å². The second kappa shape index (κ2) is 9.54. The Bertz CT molecular complexity index is 138. The highest BCUT2D eigenvalue weighted by Gasteiger charge is 2.03. The quantitative estimate of drug-likeness (QED) is 0.586. The predicted molar refractivity (Wildman–Crippen MR) is 56.4 cm³/mol. The minimum Gasteiger partial charge on any atom is -0.315 e. The van der Waals surface area contributed by atoms with Crippen molar-refractivity contribution < 1.29 is 0 Å². The van der Waals surface area contributed by atoms with Gasteiger partial charge in [0, 0.05) is 13.0 Å². The van der Waals surface area contributed by atoms with E-state index in [2.05, 4.69) is 25.2 Å². The third kappa shape index (κ3) is 7.80. The lowest BCUT2D eigenvalue weighted by atomic mass is 9.99. The third-order valence-corrected chi connectivity index (χ3v) is 2.39. The van der Waals surface area contributed by atoms with E-state index in [4.69, 9.17) is 5.26 Å². The summed E-state index contributed by atoms with van der Waals surface area (Å²) in [5.41, 5.74) is 0. The van der Waals surface area contributed by atoms with Crippen molar-refractivity contribution in [2.75, 3.05) is 13.1 Å². The van der Waals surface area contributed by atoms with Gasteiger partial charge in [-0.05, 0) is 18.9 Å². The van der Waals surface area contributed by atoms with Gasteiger partial charge in [0.15, 0.2) is 0 Å². The third-order valence-electron chi connectivity index (χ3n) is 2.39. The number of hydrogen-bond donors (Lipinski definition) is 1. The maximum atomic E-state index is 8.34. The summed E-state index contributed by atoms with van der Waals surface area (Å²) in [6.45, 7) is 6.40. The van der Waals surface area contributed by atoms with Crippen LogP contribution in [0, 0.1) is 17.2 Å². The van der Waals surface area contributed by atoms with Crippen LogP contribution in [0.2, 0.25) is 0 Å². The molecule has 2 nitrogen and oxygen atoms in total. The van der Waals surface area contributed by atoms with Crippen molar-refractivity contribution in [1.82, 2.24) is 5.32 Å². The molecule has 0 spiro atoms. The summed E-state index contributed by atoms with van der Waals surface area (Å²) in [4.78, 5) is 0. The van der Waals surface area contributed by atoms with Crippen molar-refractivity contribution in [1.29, 1.82) is 5.26 Å². The highest BCUT2D eigenvalue weighted by atomic mass is 14.8. The standard InChI is InChI=1S/C11H22N2/c1-3-5-7-11(4-2)10-13-9-6-8-12/h11,13H,3-7,9-10H2,1-2H3. The Hall–Kier alpha value is -0.550. The average molecular weight is 182 g/mol. The van der Waals surface area contributed by atoms with Gasteiger partial charge in [-0.2, -0.15) is 5.26 Å². The molecular weight excluding hydrogens is 160 g/mol. The molecule has 76 valence electrons. The largest absolute Gasteiger partial charge is 0.315 e. The van der Waals surface area contributed by atoms with Gasteiger partial charge < -0.3 is 5.32 Å². The van der Waals surface area contributed by atoms with E-state index >= 15 is 0 Å². The molecule has 0 aromatic carbocycles. The van der Waals surface area contributed by atoms with Gasteiger partial charge in [-0.1, -0.05) is 33.1 Å². The average Bonchev–Trinajstić information content (AvgIpc) is 2.17. The monoisotopic (exact) mass is 182 g/mol. The molecule has 1 unspecified atom stereocenters. The number of unbranched alkanes of at least 4 members (excludes halogenated alkanes) is 1. The first kappa shape index (κ1) is 12.4. The summed E-state index contributed by atoms with van der Waals surface area (Å²) < 4.78 is 0. The van der Waals surface area contributed by atoms with Gasteiger partial charge in [-0.15, -0.1) is 0 Å². The van der Waals surface area contributed by atoms with Crippen LogP contribution in [0.5, 0.6) is 0 Å². The van der Waals surface area contributed by atoms with E-state index in [1.807, 2.05) is 0 Å². The summed E-state index contributed by atoms with van der Waals surface area (Å²) in [6, 6.07) is 2.14. The fourth-order valence-electron chi connectivity index (χ4n) is 1.39. The van der Waals surface area contributed by atoms with Gasteiger partial charge in [0.05, 0.1) is 6.07 Å². The molecule has 0 rings (SSSR count). The first-order valence-electron chi connectivity index (χ1n) is 5.42. The van der Waals surface area contributed by atoms with Gasteiger partial charge in [0.1, 0.15) is 0 Å². The molecule has 0 aromatic rings. The van der Waals surface area contributed by atoms with E-state index in [0.29, 0.717) is 6.42 Å². The Morgan fingerprint density at radius 2 is 2.15 bits per heavy atom. The molecule has 0 radical (unpaired) electrons. The number of nitrogens with one attached hydrogen (secondary N) is 1. The second-order valence-electron chi connectivity index (χ2n) is 3.53. The van der Waals surface area contributed by atoms with Crippen LogP contribution in [0.1, 0.15) is 46.0 Å². The second-order valence-corrected chi connectivity index (χ2v) is 3.53. The van der Waals surface area contributed by atoms with Crippen molar-refractivity contribution in [2.24, 2.45) is 5.92 Å². The molecule has 0 aliphatic rings. The zero-order valence-corrected chi connectivity index (χ0v) is 8.97. The lowest BCUT2D eigenvalue weighted by Crippen LogP contribution is -2.23. The van der Waals surface area contributed by atoms with Gasteiger partial charge >= 0.3 is 0 Å². The molecule has 0 aliphatic carbocycles. The SMILES string of the molecule is CCCCC(CC)CNCCC#N. The summed E-state index contributed by atoms with van der Waals surface area (Å²) in [5.74, 6) is 0.804. The fraction of sp³-hybridized carbons (Fsp3) is 0.909. The predicted octanol–water partition coefficient (Wildman–Crippen LogP) is 2.71. The molecule has 0 amide bonds. The van der Waals surface area contributed by atoms with Crippen molar-refractivity contribution in [2.45, 2.75) is 46.0 Å². The van der Waals surface area contributed by atoms with E-state index in [0.717, 1.165) is 19.0 Å². The van der Waals surface area contributed by atoms with E-state index < -0.39 is 0 Å². The highest BCUT2D eigenvalue weighted by Crippen LogP contribution is 2.10. The number of nitrogens with zero attached hydrogens (tertiary/aromatic N) is 1. The maximum Gasteiger partial charge on any atom is 0.0635 e. The molecule has 2 heteroatoms. The minimum absolute atomic E-state index is 0.629. The van der Waals surface area contributed by atoms with Gasteiger partial charge in [-0.3, -0.25) is 0 Å². The molecule has 1 N–H and O–H groups in total. The van der Waals surface area contributed by atoms with Crippen LogP contribution in [0.4, 0.5) is 0 Å². The molecule has 0 aliphatic heterocycles. The van der Waals surface area contributed by atoms with Crippen molar-refractivity contribution in [3.8, 4) is 6.07 Å². The number of rotatable bonds is 8. The van der Waals surface area contributed by atoms with Gasteiger partial charge in [-0.25, -0.2) is 0 Å². The molecule has 0 fully saturated rings. The number of nitriles is 1. The molecule has 0 aromatic heterocycles. The topological polar surface area (TPSA) is 35.8 Å². The molecule has 1 atom stereocenters. The number of hydrogen-bond acceptors (Lipinski definition) is 2. The Balaban J connectivity index is 3.32. The first-order valence-corrected chi connectivity index (χ1v) is 5.42. The molecule has 0 bridgehead atoms. The summed E-state index contributed by atoms with van der Waals surface area (Å²) in [6.07, 6.45) is 5.82. The van der Waals surface area contributed by atoms with E-state index in [1.54, 1.807) is 0 Å². The molecule has 0 heterocycles. The van der Waals surface area contributed by atoms with Crippen LogP contribution in [0.15, 0.2) is 0 Å². The zero-order chi connectivity index (χ0) is 9.94. The van der Waals surface area contributed by atoms with Crippen LogP contribution < -0.4 is 5.32 Å². The van der Waals surface area contributed by atoms with Crippen LogP contribution in [0.3, 0.4) is 0 Å². The zero-order valence-electron chi connectivity index (χ0n) is 8.97. The fourth-order valence-corrected chi connectivity index (χ4v) is 1.39. The summed E-state index contributed by atoms with van der Waals surface area (Å²) in [7, 11) is 0. The van der Waals surface area contributed by atoms with Crippen LogP contribution >= 0.6 is 0 Å². The lowest BCUT2D eigenvalue weighted by Gasteiger charge is -2.14. The van der Waals surface area contributed by atoms with E-state index in [1.165, 1.54) is 25.7 Å². The Morgan fingerprint density at radius 1 is 1.38 bits per heavy atom. The molecule has 13 heavy (non-hydrogen) atoms. The maximum absolute atomic E-state index is 8.34. The smallest absolute Gasteiger partial charge is 0.0635 e. The highest BCUT2D eigenvalue weighted by molar-refractivity contribution is 4.71. The van der Waals surface area contributed by atoms with Gasteiger partial charge in [0.2, 0.25) is 0 Å². The van der Waals surface area contributed by atoms with Crippen molar-refractivity contribution in [3.63, 3.8) is 0 Å². The Kier molecular flexibility index (Phi) is 9.13. The Morgan fingerprint density at radius 3 is 2.69 bits per heavy atom.